The number of alkyl halides is 1. The first-order valence-electron chi connectivity index (χ1n) is 6.14. The number of fused-ring (bicyclic) bond motifs is 1. The van der Waals surface area contributed by atoms with Crippen molar-refractivity contribution < 1.29 is 4.79 Å². The highest BCUT2D eigenvalue weighted by Crippen LogP contribution is 2.35. The van der Waals surface area contributed by atoms with E-state index in [0.29, 0.717) is 11.9 Å². The molecule has 1 aliphatic carbocycles. The summed E-state index contributed by atoms with van der Waals surface area (Å²) < 4.78 is 0. The normalized spacial score (nSPS) is 33.3. The van der Waals surface area contributed by atoms with Crippen LogP contribution >= 0.6 is 15.9 Å². The zero-order chi connectivity index (χ0) is 10.8. The number of hydrogen-bond acceptors (Lipinski definition) is 1. The molecule has 0 N–H and O–H groups in total. The van der Waals surface area contributed by atoms with Gasteiger partial charge in [0.1, 0.15) is 0 Å². The Bertz CT molecular complexity index is 240. The molecule has 0 spiro atoms. The zero-order valence-electron chi connectivity index (χ0n) is 9.42. The minimum Gasteiger partial charge on any atom is -0.338 e. The van der Waals surface area contributed by atoms with Crippen molar-refractivity contribution in [1.82, 2.24) is 4.90 Å². The highest BCUT2D eigenvalue weighted by Gasteiger charge is 2.36. The summed E-state index contributed by atoms with van der Waals surface area (Å²) >= 11 is 3.40. The van der Waals surface area contributed by atoms with Gasteiger partial charge in [0, 0.05) is 12.6 Å². The molecule has 2 rings (SSSR count). The predicted octanol–water partition coefficient (Wildman–Crippen LogP) is 2.95. The van der Waals surface area contributed by atoms with Crippen LogP contribution in [0.25, 0.3) is 0 Å². The summed E-state index contributed by atoms with van der Waals surface area (Å²) in [6, 6.07) is 0.556. The monoisotopic (exact) mass is 273 g/mol. The maximum Gasteiger partial charge on any atom is 0.236 e. The Morgan fingerprint density at radius 3 is 2.67 bits per heavy atom. The molecule has 3 heteroatoms. The van der Waals surface area contributed by atoms with Gasteiger partial charge < -0.3 is 4.90 Å². The van der Waals surface area contributed by atoms with E-state index >= 15 is 0 Å². The third-order valence-corrected chi connectivity index (χ3v) is 4.26. The van der Waals surface area contributed by atoms with Gasteiger partial charge in [-0.15, -0.1) is 0 Å². The van der Waals surface area contributed by atoms with Crippen LogP contribution in [0.1, 0.15) is 45.4 Å². The van der Waals surface area contributed by atoms with Gasteiger partial charge >= 0.3 is 0 Å². The fourth-order valence-electron chi connectivity index (χ4n) is 3.13. The molecule has 1 saturated carbocycles. The smallest absolute Gasteiger partial charge is 0.236 e. The zero-order valence-corrected chi connectivity index (χ0v) is 11.0. The molecule has 0 aromatic heterocycles. The van der Waals surface area contributed by atoms with Crippen molar-refractivity contribution >= 4 is 21.8 Å². The van der Waals surface area contributed by atoms with E-state index in [2.05, 4.69) is 20.8 Å². The summed E-state index contributed by atoms with van der Waals surface area (Å²) in [5.41, 5.74) is 0. The minimum atomic E-state index is -0.0156. The van der Waals surface area contributed by atoms with Gasteiger partial charge in [-0.25, -0.2) is 0 Å². The maximum absolute atomic E-state index is 12.0. The van der Waals surface area contributed by atoms with Gasteiger partial charge in [0.2, 0.25) is 5.91 Å². The van der Waals surface area contributed by atoms with Crippen LogP contribution in [0.3, 0.4) is 0 Å². The molecule has 3 unspecified atom stereocenters. The SMILES string of the molecule is CC(Br)C(=O)N1CCCC2CCCCC21. The largest absolute Gasteiger partial charge is 0.338 e. The summed E-state index contributed by atoms with van der Waals surface area (Å²) in [4.78, 5) is 14.2. The van der Waals surface area contributed by atoms with Crippen LogP contribution in [0.15, 0.2) is 0 Å². The maximum atomic E-state index is 12.0. The molecule has 0 bridgehead atoms. The molecule has 15 heavy (non-hydrogen) atoms. The lowest BCUT2D eigenvalue weighted by Gasteiger charge is -2.44. The molecular weight excluding hydrogens is 254 g/mol. The van der Waals surface area contributed by atoms with Gasteiger partial charge in [0.05, 0.1) is 4.83 Å². The van der Waals surface area contributed by atoms with Crippen molar-refractivity contribution in [2.24, 2.45) is 5.92 Å². The summed E-state index contributed by atoms with van der Waals surface area (Å²) in [5.74, 6) is 1.09. The second kappa shape index (κ2) is 4.86. The van der Waals surface area contributed by atoms with E-state index in [9.17, 15) is 4.79 Å². The Kier molecular flexibility index (Phi) is 3.70. The standard InChI is InChI=1S/C12H20BrNO/c1-9(13)12(15)14-8-4-6-10-5-2-3-7-11(10)14/h9-11H,2-8H2,1H3. The van der Waals surface area contributed by atoms with Crippen LogP contribution in [-0.4, -0.2) is 28.2 Å². The second-order valence-electron chi connectivity index (χ2n) is 4.90. The van der Waals surface area contributed by atoms with Crippen LogP contribution in [0.4, 0.5) is 0 Å². The van der Waals surface area contributed by atoms with Crippen LogP contribution in [0.2, 0.25) is 0 Å². The summed E-state index contributed by atoms with van der Waals surface area (Å²) in [7, 11) is 0. The molecule has 86 valence electrons. The van der Waals surface area contributed by atoms with Crippen molar-refractivity contribution in [2.45, 2.75) is 56.3 Å². The number of amides is 1. The van der Waals surface area contributed by atoms with Gasteiger partial charge in [-0.2, -0.15) is 0 Å². The van der Waals surface area contributed by atoms with E-state index in [0.717, 1.165) is 12.5 Å². The first kappa shape index (κ1) is 11.4. The van der Waals surface area contributed by atoms with Crippen molar-refractivity contribution in [1.29, 1.82) is 0 Å². The number of likely N-dealkylation sites (tertiary alicyclic amines) is 1. The van der Waals surface area contributed by atoms with Crippen molar-refractivity contribution in [3.05, 3.63) is 0 Å². The summed E-state index contributed by atoms with van der Waals surface area (Å²) in [5, 5.41) is 0. The van der Waals surface area contributed by atoms with Gasteiger partial charge in [-0.1, -0.05) is 28.8 Å². The first-order valence-corrected chi connectivity index (χ1v) is 7.06. The molecule has 2 aliphatic rings. The molecule has 0 radical (unpaired) electrons. The van der Waals surface area contributed by atoms with Crippen LogP contribution in [0.5, 0.6) is 0 Å². The number of rotatable bonds is 1. The second-order valence-corrected chi connectivity index (χ2v) is 6.28. The van der Waals surface area contributed by atoms with Crippen molar-refractivity contribution in [3.8, 4) is 0 Å². The number of halogens is 1. The molecule has 2 fully saturated rings. The molecule has 1 saturated heterocycles. The number of carbonyl (C=O) groups excluding carboxylic acids is 1. The summed E-state index contributed by atoms with van der Waals surface area (Å²) in [6.45, 7) is 2.92. The van der Waals surface area contributed by atoms with E-state index in [-0.39, 0.29) is 4.83 Å². The first-order chi connectivity index (χ1) is 7.20. The van der Waals surface area contributed by atoms with E-state index in [1.807, 2.05) is 6.92 Å². The molecule has 1 aliphatic heterocycles. The highest BCUT2D eigenvalue weighted by atomic mass is 79.9. The molecule has 2 nitrogen and oxygen atoms in total. The molecule has 3 atom stereocenters. The molecule has 1 amide bonds. The van der Waals surface area contributed by atoms with Gasteiger partial charge in [-0.05, 0) is 38.5 Å². The lowest BCUT2D eigenvalue weighted by Crippen LogP contribution is -2.51. The highest BCUT2D eigenvalue weighted by molar-refractivity contribution is 9.10. The van der Waals surface area contributed by atoms with E-state index in [1.54, 1.807) is 0 Å². The minimum absolute atomic E-state index is 0.0156. The average molecular weight is 274 g/mol. The number of carbonyl (C=O) groups is 1. The molecular formula is C12H20BrNO. The van der Waals surface area contributed by atoms with Gasteiger partial charge in [0.15, 0.2) is 0 Å². The number of hydrogen-bond donors (Lipinski definition) is 0. The number of nitrogens with zero attached hydrogens (tertiary/aromatic N) is 1. The fourth-order valence-corrected chi connectivity index (χ4v) is 3.39. The predicted molar refractivity (Wildman–Crippen MR) is 65.1 cm³/mol. The van der Waals surface area contributed by atoms with E-state index < -0.39 is 0 Å². The van der Waals surface area contributed by atoms with E-state index in [1.165, 1.54) is 38.5 Å². The topological polar surface area (TPSA) is 20.3 Å². The third kappa shape index (κ3) is 2.38. The van der Waals surface area contributed by atoms with Crippen LogP contribution < -0.4 is 0 Å². The lowest BCUT2D eigenvalue weighted by atomic mass is 9.78. The van der Waals surface area contributed by atoms with Crippen molar-refractivity contribution in [3.63, 3.8) is 0 Å². The molecule has 0 aromatic rings. The van der Waals surface area contributed by atoms with Gasteiger partial charge in [0.25, 0.3) is 0 Å². The quantitative estimate of drug-likeness (QED) is 0.673. The lowest BCUT2D eigenvalue weighted by molar-refractivity contribution is -0.136. The third-order valence-electron chi connectivity index (χ3n) is 3.87. The van der Waals surface area contributed by atoms with E-state index in [4.69, 9.17) is 0 Å². The Morgan fingerprint density at radius 2 is 1.93 bits per heavy atom. The number of piperidine rings is 1. The van der Waals surface area contributed by atoms with Crippen LogP contribution in [-0.2, 0) is 4.79 Å². The summed E-state index contributed by atoms with van der Waals surface area (Å²) in [6.07, 6.45) is 7.79. The Hall–Kier alpha value is -0.0500. The average Bonchev–Trinajstić information content (AvgIpc) is 2.27. The van der Waals surface area contributed by atoms with Crippen molar-refractivity contribution in [2.75, 3.05) is 6.54 Å². The molecule has 0 aromatic carbocycles. The Morgan fingerprint density at radius 1 is 1.27 bits per heavy atom. The van der Waals surface area contributed by atoms with Gasteiger partial charge in [-0.3, -0.25) is 4.79 Å². The Labute approximate surface area is 101 Å². The van der Waals surface area contributed by atoms with Crippen LogP contribution in [0, 0.1) is 5.92 Å². The Balaban J connectivity index is 2.06. The molecule has 1 heterocycles. The fraction of sp³-hybridized carbons (Fsp3) is 0.917.